The first-order valence-corrected chi connectivity index (χ1v) is 9.21. The van der Waals surface area contributed by atoms with Gasteiger partial charge in [0.25, 0.3) is 5.91 Å². The topological polar surface area (TPSA) is 49.9 Å². The van der Waals surface area contributed by atoms with Gasteiger partial charge in [-0.3, -0.25) is 4.79 Å². The molecule has 0 radical (unpaired) electrons. The van der Waals surface area contributed by atoms with Crippen molar-refractivity contribution in [2.75, 3.05) is 26.7 Å². The Balaban J connectivity index is 1.48. The first-order valence-electron chi connectivity index (χ1n) is 8.39. The number of likely N-dealkylation sites (tertiary alicyclic amines) is 1. The summed E-state index contributed by atoms with van der Waals surface area (Å²) >= 11 is 1.61. The molecule has 2 fully saturated rings. The molecule has 0 bridgehead atoms. The average molecular weight is 334 g/mol. The molecule has 1 saturated carbocycles. The Morgan fingerprint density at radius 2 is 1.96 bits per heavy atom. The molecular formula is C17H22N2O3S. The molecule has 1 aromatic rings. The van der Waals surface area contributed by atoms with Crippen molar-refractivity contribution in [3.05, 3.63) is 21.4 Å². The number of carbonyl (C=O) groups is 2. The summed E-state index contributed by atoms with van der Waals surface area (Å²) in [6.45, 7) is 3.08. The number of methoxy groups -OCH3 is 1. The standard InChI is InChI=1S/C17H22N2O3S/c1-22-17(21)18-6-5-14-13(10-18)7-15(23-14)16(20)19-8-11-3-2-4-12(11)9-19/h7,11-12H,2-6,8-10H2,1H3/t11-,12+. The third-order valence-electron chi connectivity index (χ3n) is 5.52. The lowest BCUT2D eigenvalue weighted by molar-refractivity contribution is 0.0785. The molecule has 23 heavy (non-hydrogen) atoms. The average Bonchev–Trinajstić information content (AvgIpc) is 3.25. The molecular weight excluding hydrogens is 312 g/mol. The predicted molar refractivity (Wildman–Crippen MR) is 87.6 cm³/mol. The van der Waals surface area contributed by atoms with Crippen LogP contribution >= 0.6 is 11.3 Å². The van der Waals surface area contributed by atoms with Crippen molar-refractivity contribution in [2.24, 2.45) is 11.8 Å². The summed E-state index contributed by atoms with van der Waals surface area (Å²) in [6, 6.07) is 1.99. The van der Waals surface area contributed by atoms with Crippen molar-refractivity contribution >= 4 is 23.3 Å². The fraction of sp³-hybridized carbons (Fsp3) is 0.647. The van der Waals surface area contributed by atoms with E-state index in [2.05, 4.69) is 0 Å². The van der Waals surface area contributed by atoms with Crippen LogP contribution in [0.2, 0.25) is 0 Å². The number of rotatable bonds is 1. The zero-order valence-corrected chi connectivity index (χ0v) is 14.2. The monoisotopic (exact) mass is 334 g/mol. The fourth-order valence-electron chi connectivity index (χ4n) is 4.28. The summed E-state index contributed by atoms with van der Waals surface area (Å²) in [6.07, 6.45) is 4.41. The van der Waals surface area contributed by atoms with Gasteiger partial charge in [-0.2, -0.15) is 0 Å². The van der Waals surface area contributed by atoms with Crippen LogP contribution in [0.15, 0.2) is 6.07 Å². The summed E-state index contributed by atoms with van der Waals surface area (Å²) in [5, 5.41) is 0. The minimum Gasteiger partial charge on any atom is -0.453 e. The molecule has 1 aliphatic carbocycles. The van der Waals surface area contributed by atoms with Crippen LogP contribution in [0.3, 0.4) is 0 Å². The van der Waals surface area contributed by atoms with E-state index in [4.69, 9.17) is 4.74 Å². The third-order valence-corrected chi connectivity index (χ3v) is 6.75. The number of amides is 2. The molecule has 2 aliphatic heterocycles. The molecule has 0 aromatic carbocycles. The normalized spacial score (nSPS) is 26.1. The van der Waals surface area contributed by atoms with E-state index in [1.165, 1.54) is 31.2 Å². The molecule has 124 valence electrons. The molecule has 0 spiro atoms. The van der Waals surface area contributed by atoms with Gasteiger partial charge in [-0.15, -0.1) is 11.3 Å². The second kappa shape index (κ2) is 5.82. The molecule has 0 N–H and O–H groups in total. The molecule has 1 aromatic heterocycles. The van der Waals surface area contributed by atoms with Gasteiger partial charge in [-0.1, -0.05) is 6.42 Å². The lowest BCUT2D eigenvalue weighted by atomic mass is 10.0. The maximum atomic E-state index is 12.8. The quantitative estimate of drug-likeness (QED) is 0.793. The van der Waals surface area contributed by atoms with Crippen molar-refractivity contribution < 1.29 is 14.3 Å². The van der Waals surface area contributed by atoms with Crippen molar-refractivity contribution in [3.8, 4) is 0 Å². The number of hydrogen-bond acceptors (Lipinski definition) is 4. The maximum Gasteiger partial charge on any atom is 0.409 e. The van der Waals surface area contributed by atoms with E-state index in [1.54, 1.807) is 16.2 Å². The Morgan fingerprint density at radius 1 is 1.22 bits per heavy atom. The van der Waals surface area contributed by atoms with E-state index in [0.717, 1.165) is 41.8 Å². The lowest BCUT2D eigenvalue weighted by Gasteiger charge is -2.25. The molecule has 1 saturated heterocycles. The van der Waals surface area contributed by atoms with Gasteiger partial charge >= 0.3 is 6.09 Å². The van der Waals surface area contributed by atoms with Crippen molar-refractivity contribution in [1.82, 2.24) is 9.80 Å². The summed E-state index contributed by atoms with van der Waals surface area (Å²) in [4.78, 5) is 30.3. The fourth-order valence-corrected chi connectivity index (χ4v) is 5.41. The summed E-state index contributed by atoms with van der Waals surface area (Å²) in [7, 11) is 1.41. The van der Waals surface area contributed by atoms with Gasteiger partial charge in [0.15, 0.2) is 0 Å². The van der Waals surface area contributed by atoms with Crippen LogP contribution in [-0.2, 0) is 17.7 Å². The Labute approximate surface area is 140 Å². The minimum absolute atomic E-state index is 0.184. The third kappa shape index (κ3) is 2.63. The summed E-state index contributed by atoms with van der Waals surface area (Å²) < 4.78 is 4.80. The lowest BCUT2D eigenvalue weighted by Crippen LogP contribution is -2.35. The van der Waals surface area contributed by atoms with Gasteiger partial charge in [0.05, 0.1) is 18.5 Å². The first kappa shape index (κ1) is 15.0. The largest absolute Gasteiger partial charge is 0.453 e. The van der Waals surface area contributed by atoms with Crippen LogP contribution in [0.4, 0.5) is 4.79 Å². The van der Waals surface area contributed by atoms with Crippen LogP contribution in [0.5, 0.6) is 0 Å². The van der Waals surface area contributed by atoms with Gasteiger partial charge in [-0.25, -0.2) is 4.79 Å². The summed E-state index contributed by atoms with van der Waals surface area (Å²) in [5.74, 6) is 1.63. The molecule has 3 aliphatic rings. The number of ether oxygens (including phenoxy) is 1. The van der Waals surface area contributed by atoms with E-state index < -0.39 is 0 Å². The van der Waals surface area contributed by atoms with E-state index in [0.29, 0.717) is 13.1 Å². The number of carbonyl (C=O) groups excluding carboxylic acids is 2. The number of nitrogens with zero attached hydrogens (tertiary/aromatic N) is 2. The second-order valence-electron chi connectivity index (χ2n) is 6.86. The Morgan fingerprint density at radius 3 is 2.65 bits per heavy atom. The molecule has 0 unspecified atom stereocenters. The van der Waals surface area contributed by atoms with Crippen molar-refractivity contribution in [1.29, 1.82) is 0 Å². The smallest absolute Gasteiger partial charge is 0.409 e. The van der Waals surface area contributed by atoms with Crippen molar-refractivity contribution in [3.63, 3.8) is 0 Å². The molecule has 6 heteroatoms. The molecule has 2 atom stereocenters. The molecule has 5 nitrogen and oxygen atoms in total. The van der Waals surface area contributed by atoms with E-state index in [9.17, 15) is 9.59 Å². The first-order chi connectivity index (χ1) is 11.2. The minimum atomic E-state index is -0.290. The predicted octanol–water partition coefficient (Wildman–Crippen LogP) is 2.74. The number of hydrogen-bond donors (Lipinski definition) is 0. The highest BCUT2D eigenvalue weighted by Crippen LogP contribution is 2.39. The van der Waals surface area contributed by atoms with E-state index in [-0.39, 0.29) is 12.0 Å². The van der Waals surface area contributed by atoms with Gasteiger partial charge in [-0.05, 0) is 42.7 Å². The second-order valence-corrected chi connectivity index (χ2v) is 8.00. The zero-order valence-electron chi connectivity index (χ0n) is 13.4. The summed E-state index contributed by atoms with van der Waals surface area (Å²) in [5.41, 5.74) is 1.11. The zero-order chi connectivity index (χ0) is 16.0. The van der Waals surface area contributed by atoms with Gasteiger partial charge in [0.2, 0.25) is 0 Å². The maximum absolute atomic E-state index is 12.8. The molecule has 3 heterocycles. The van der Waals surface area contributed by atoms with E-state index in [1.807, 2.05) is 11.0 Å². The van der Waals surface area contributed by atoms with Crippen LogP contribution in [0.25, 0.3) is 0 Å². The van der Waals surface area contributed by atoms with Gasteiger partial charge in [0.1, 0.15) is 0 Å². The van der Waals surface area contributed by atoms with Crippen LogP contribution < -0.4 is 0 Å². The Hall–Kier alpha value is -1.56. The number of thiophene rings is 1. The van der Waals surface area contributed by atoms with E-state index >= 15 is 0 Å². The highest BCUT2D eigenvalue weighted by Gasteiger charge is 2.38. The molecule has 4 rings (SSSR count). The van der Waals surface area contributed by atoms with Crippen LogP contribution in [0.1, 0.15) is 39.4 Å². The number of fused-ring (bicyclic) bond motifs is 2. The Kier molecular flexibility index (Phi) is 3.79. The highest BCUT2D eigenvalue weighted by atomic mass is 32.1. The highest BCUT2D eigenvalue weighted by molar-refractivity contribution is 7.14. The van der Waals surface area contributed by atoms with Crippen LogP contribution in [-0.4, -0.2) is 48.5 Å². The Bertz CT molecular complexity index is 630. The molecule has 2 amide bonds. The SMILES string of the molecule is COC(=O)N1CCc2sc(C(=O)N3C[C@H]4CCC[C@H]4C3)cc2C1. The van der Waals surface area contributed by atoms with Crippen molar-refractivity contribution in [2.45, 2.75) is 32.2 Å². The van der Waals surface area contributed by atoms with Gasteiger partial charge in [0, 0.05) is 24.5 Å². The van der Waals surface area contributed by atoms with Crippen LogP contribution in [0, 0.1) is 11.8 Å². The van der Waals surface area contributed by atoms with Gasteiger partial charge < -0.3 is 14.5 Å².